The molecule has 9 heteroatoms. The van der Waals surface area contributed by atoms with Crippen LogP contribution >= 0.6 is 24.0 Å². The summed E-state index contributed by atoms with van der Waals surface area (Å²) in [6, 6.07) is 6.50. The van der Waals surface area contributed by atoms with Crippen molar-refractivity contribution < 1.29 is 14.3 Å². The summed E-state index contributed by atoms with van der Waals surface area (Å²) in [7, 11) is 3.33. The van der Waals surface area contributed by atoms with Gasteiger partial charge in [0.15, 0.2) is 5.96 Å². The number of carbonyl (C=O) groups excluding carboxylic acids is 1. The quantitative estimate of drug-likeness (QED) is 0.258. The van der Waals surface area contributed by atoms with Crippen LogP contribution in [0.2, 0.25) is 0 Å². The lowest BCUT2D eigenvalue weighted by molar-refractivity contribution is -0.120. The lowest BCUT2D eigenvalue weighted by Gasteiger charge is -2.23. The summed E-state index contributed by atoms with van der Waals surface area (Å²) < 4.78 is 10.8. The van der Waals surface area contributed by atoms with Crippen molar-refractivity contribution in [2.45, 2.75) is 57.5 Å². The van der Waals surface area contributed by atoms with E-state index in [1.807, 2.05) is 25.1 Å². The standard InChI is InChI=1S/C23H37N5O3.HI/c1-4-24-23(25-15-22(29)26-17-8-6-5-7-9-17)27-18-10-11-28(16-18)19-12-20(30-2)14-21(13-19)31-3;/h12-14,17-18H,4-11,15-16H2,1-3H3,(H,26,29)(H2,24,25,27);1H. The molecule has 0 radical (unpaired) electrons. The molecule has 3 rings (SSSR count). The fourth-order valence-electron chi connectivity index (χ4n) is 4.27. The summed E-state index contributed by atoms with van der Waals surface area (Å²) in [6.45, 7) is 4.70. The molecule has 1 saturated heterocycles. The number of aliphatic imine (C=N–C) groups is 1. The van der Waals surface area contributed by atoms with Crippen molar-refractivity contribution >= 4 is 41.5 Å². The Hall–Kier alpha value is -1.91. The molecule has 1 aliphatic carbocycles. The monoisotopic (exact) mass is 559 g/mol. The average molecular weight is 559 g/mol. The van der Waals surface area contributed by atoms with Gasteiger partial charge < -0.3 is 30.3 Å². The number of amides is 1. The molecule has 1 aromatic carbocycles. The van der Waals surface area contributed by atoms with E-state index in [9.17, 15) is 4.79 Å². The van der Waals surface area contributed by atoms with Gasteiger partial charge in [0.2, 0.25) is 5.91 Å². The number of rotatable bonds is 8. The molecule has 32 heavy (non-hydrogen) atoms. The Labute approximate surface area is 208 Å². The van der Waals surface area contributed by atoms with Crippen LogP contribution in [0.5, 0.6) is 11.5 Å². The van der Waals surface area contributed by atoms with Crippen molar-refractivity contribution in [3.05, 3.63) is 18.2 Å². The number of anilines is 1. The van der Waals surface area contributed by atoms with Gasteiger partial charge >= 0.3 is 0 Å². The summed E-state index contributed by atoms with van der Waals surface area (Å²) in [5.74, 6) is 2.26. The van der Waals surface area contributed by atoms with Crippen LogP contribution in [0, 0.1) is 0 Å². The normalized spacial score (nSPS) is 19.2. The zero-order valence-corrected chi connectivity index (χ0v) is 21.8. The van der Waals surface area contributed by atoms with Crippen LogP contribution in [0.25, 0.3) is 0 Å². The zero-order valence-electron chi connectivity index (χ0n) is 19.5. The Kier molecular flexibility index (Phi) is 11.2. The predicted molar refractivity (Wildman–Crippen MR) is 140 cm³/mol. The van der Waals surface area contributed by atoms with Crippen molar-refractivity contribution in [1.29, 1.82) is 0 Å². The number of halogens is 1. The minimum Gasteiger partial charge on any atom is -0.497 e. The van der Waals surface area contributed by atoms with Crippen LogP contribution in [0.1, 0.15) is 45.4 Å². The highest BCUT2D eigenvalue weighted by atomic mass is 127. The second kappa shape index (κ2) is 13.6. The molecular formula is C23H38IN5O3. The highest BCUT2D eigenvalue weighted by Crippen LogP contribution is 2.30. The maximum absolute atomic E-state index is 12.3. The van der Waals surface area contributed by atoms with Crippen molar-refractivity contribution in [2.24, 2.45) is 4.99 Å². The molecule has 1 saturated carbocycles. The van der Waals surface area contributed by atoms with Crippen LogP contribution in [-0.2, 0) is 4.79 Å². The summed E-state index contributed by atoms with van der Waals surface area (Å²) in [5, 5.41) is 9.87. The number of hydrogen-bond acceptors (Lipinski definition) is 5. The van der Waals surface area contributed by atoms with E-state index in [0.717, 1.165) is 56.1 Å². The van der Waals surface area contributed by atoms with Crippen molar-refractivity contribution in [3.8, 4) is 11.5 Å². The fraction of sp³-hybridized carbons (Fsp3) is 0.652. The Morgan fingerprint density at radius 2 is 1.72 bits per heavy atom. The van der Waals surface area contributed by atoms with Crippen molar-refractivity contribution in [3.63, 3.8) is 0 Å². The van der Waals surface area contributed by atoms with Crippen LogP contribution in [0.3, 0.4) is 0 Å². The molecule has 1 aromatic rings. The van der Waals surface area contributed by atoms with E-state index in [4.69, 9.17) is 9.47 Å². The molecule has 0 bridgehead atoms. The fourth-order valence-corrected chi connectivity index (χ4v) is 4.27. The third kappa shape index (κ3) is 7.90. The number of carbonyl (C=O) groups is 1. The van der Waals surface area contributed by atoms with E-state index in [-0.39, 0.29) is 42.5 Å². The Morgan fingerprint density at radius 3 is 2.34 bits per heavy atom. The molecule has 0 spiro atoms. The van der Waals surface area contributed by atoms with Gasteiger partial charge in [0.05, 0.1) is 14.2 Å². The molecule has 1 amide bonds. The number of benzene rings is 1. The van der Waals surface area contributed by atoms with E-state index >= 15 is 0 Å². The topological polar surface area (TPSA) is 87.2 Å². The first-order chi connectivity index (χ1) is 15.1. The molecule has 1 aliphatic heterocycles. The molecule has 0 aromatic heterocycles. The largest absolute Gasteiger partial charge is 0.497 e. The molecule has 1 unspecified atom stereocenters. The summed E-state index contributed by atoms with van der Waals surface area (Å²) >= 11 is 0. The SMILES string of the molecule is CCNC(=NCC(=O)NC1CCCCC1)NC1CCN(c2cc(OC)cc(OC)c2)C1.I. The first-order valence-electron chi connectivity index (χ1n) is 11.4. The second-order valence-corrected chi connectivity index (χ2v) is 8.24. The number of nitrogens with zero attached hydrogens (tertiary/aromatic N) is 2. The molecule has 2 fully saturated rings. The molecule has 1 heterocycles. The van der Waals surface area contributed by atoms with E-state index in [2.05, 4.69) is 25.8 Å². The average Bonchev–Trinajstić information content (AvgIpc) is 3.26. The van der Waals surface area contributed by atoms with Gasteiger partial charge in [-0.1, -0.05) is 19.3 Å². The molecule has 3 N–H and O–H groups in total. The third-order valence-electron chi connectivity index (χ3n) is 5.93. The molecule has 180 valence electrons. The number of nitrogens with one attached hydrogen (secondary N) is 3. The number of methoxy groups -OCH3 is 2. The first-order valence-corrected chi connectivity index (χ1v) is 11.4. The number of hydrogen-bond donors (Lipinski definition) is 3. The lowest BCUT2D eigenvalue weighted by atomic mass is 9.95. The van der Waals surface area contributed by atoms with Gasteiger partial charge in [0.1, 0.15) is 18.0 Å². The van der Waals surface area contributed by atoms with E-state index in [1.165, 1.54) is 19.3 Å². The molecular weight excluding hydrogens is 521 g/mol. The van der Waals surface area contributed by atoms with Crippen LogP contribution in [-0.4, -0.2) is 64.3 Å². The molecule has 2 aliphatic rings. The predicted octanol–water partition coefficient (Wildman–Crippen LogP) is 2.90. The van der Waals surface area contributed by atoms with E-state index in [1.54, 1.807) is 14.2 Å². The second-order valence-electron chi connectivity index (χ2n) is 8.24. The highest BCUT2D eigenvalue weighted by Gasteiger charge is 2.24. The Bertz CT molecular complexity index is 733. The van der Waals surface area contributed by atoms with Gasteiger partial charge in [0, 0.05) is 55.6 Å². The van der Waals surface area contributed by atoms with Crippen molar-refractivity contribution in [1.82, 2.24) is 16.0 Å². The maximum atomic E-state index is 12.3. The first kappa shape index (κ1) is 26.3. The van der Waals surface area contributed by atoms with E-state index < -0.39 is 0 Å². The van der Waals surface area contributed by atoms with Gasteiger partial charge in [-0.25, -0.2) is 4.99 Å². The van der Waals surface area contributed by atoms with Gasteiger partial charge in [-0.15, -0.1) is 24.0 Å². The van der Waals surface area contributed by atoms with Gasteiger partial charge in [-0.3, -0.25) is 4.79 Å². The molecule has 1 atom stereocenters. The zero-order chi connectivity index (χ0) is 22.1. The Morgan fingerprint density at radius 1 is 1.03 bits per heavy atom. The summed E-state index contributed by atoms with van der Waals surface area (Å²) in [6.07, 6.45) is 6.84. The number of guanidine groups is 1. The summed E-state index contributed by atoms with van der Waals surface area (Å²) in [4.78, 5) is 19.1. The van der Waals surface area contributed by atoms with Gasteiger partial charge in [-0.05, 0) is 26.2 Å². The van der Waals surface area contributed by atoms with Crippen LogP contribution in [0.15, 0.2) is 23.2 Å². The highest BCUT2D eigenvalue weighted by molar-refractivity contribution is 14.0. The van der Waals surface area contributed by atoms with Gasteiger partial charge in [0.25, 0.3) is 0 Å². The minimum atomic E-state index is 0. The van der Waals surface area contributed by atoms with Gasteiger partial charge in [-0.2, -0.15) is 0 Å². The van der Waals surface area contributed by atoms with Crippen LogP contribution < -0.4 is 30.3 Å². The number of ether oxygens (including phenoxy) is 2. The lowest BCUT2D eigenvalue weighted by Crippen LogP contribution is -2.45. The molecule has 8 nitrogen and oxygen atoms in total. The summed E-state index contributed by atoms with van der Waals surface area (Å²) in [5.41, 5.74) is 1.08. The smallest absolute Gasteiger partial charge is 0.242 e. The third-order valence-corrected chi connectivity index (χ3v) is 5.93. The Balaban J connectivity index is 0.00000363. The maximum Gasteiger partial charge on any atom is 0.242 e. The minimum absolute atomic E-state index is 0. The van der Waals surface area contributed by atoms with Crippen LogP contribution in [0.4, 0.5) is 5.69 Å². The van der Waals surface area contributed by atoms with Crippen molar-refractivity contribution in [2.75, 3.05) is 45.3 Å². The van der Waals surface area contributed by atoms with E-state index in [0.29, 0.717) is 12.0 Å².